The Balaban J connectivity index is 2.17. The van der Waals surface area contributed by atoms with Crippen molar-refractivity contribution in [3.63, 3.8) is 0 Å². The van der Waals surface area contributed by atoms with Crippen LogP contribution in [0.3, 0.4) is 0 Å². The summed E-state index contributed by atoms with van der Waals surface area (Å²) in [6.45, 7) is 4.05. The molecule has 2 aromatic carbocycles. The van der Waals surface area contributed by atoms with Crippen molar-refractivity contribution in [1.29, 1.82) is 0 Å². The number of nitrogens with zero attached hydrogens (tertiary/aromatic N) is 1. The molecule has 2 nitrogen and oxygen atoms in total. The van der Waals surface area contributed by atoms with Crippen LogP contribution in [0.2, 0.25) is 5.02 Å². The molecule has 0 amide bonds. The monoisotopic (exact) mass is 275 g/mol. The van der Waals surface area contributed by atoms with Crippen molar-refractivity contribution < 1.29 is 8.81 Å². The van der Waals surface area contributed by atoms with Gasteiger partial charge in [-0.05, 0) is 55.3 Å². The Morgan fingerprint density at radius 1 is 1.11 bits per heavy atom. The molecule has 0 atom stereocenters. The Kier molecular flexibility index (Phi) is 2.79. The van der Waals surface area contributed by atoms with Crippen molar-refractivity contribution >= 4 is 22.7 Å². The first kappa shape index (κ1) is 12.2. The maximum Gasteiger partial charge on any atom is 0.227 e. The third-order valence-electron chi connectivity index (χ3n) is 3.17. The number of fused-ring (bicyclic) bond motifs is 1. The molecular weight excluding hydrogens is 265 g/mol. The number of aryl methyl sites for hydroxylation is 2. The highest BCUT2D eigenvalue weighted by molar-refractivity contribution is 6.31. The topological polar surface area (TPSA) is 26.0 Å². The number of benzene rings is 2. The molecule has 19 heavy (non-hydrogen) atoms. The lowest BCUT2D eigenvalue weighted by Crippen LogP contribution is -1.81. The number of hydrogen-bond acceptors (Lipinski definition) is 2. The van der Waals surface area contributed by atoms with E-state index < -0.39 is 5.82 Å². The van der Waals surface area contributed by atoms with Gasteiger partial charge in [0.2, 0.25) is 5.89 Å². The predicted molar refractivity (Wildman–Crippen MR) is 73.9 cm³/mol. The smallest absolute Gasteiger partial charge is 0.227 e. The average molecular weight is 276 g/mol. The van der Waals surface area contributed by atoms with Crippen LogP contribution in [0.5, 0.6) is 0 Å². The Bertz CT molecular complexity index is 740. The molecule has 0 radical (unpaired) electrons. The van der Waals surface area contributed by atoms with Crippen LogP contribution in [-0.4, -0.2) is 4.98 Å². The lowest BCUT2D eigenvalue weighted by molar-refractivity contribution is 0.616. The summed E-state index contributed by atoms with van der Waals surface area (Å²) in [4.78, 5) is 4.41. The van der Waals surface area contributed by atoms with Gasteiger partial charge in [-0.2, -0.15) is 0 Å². The van der Waals surface area contributed by atoms with Crippen LogP contribution >= 0.6 is 11.6 Å². The molecule has 0 saturated carbocycles. The second kappa shape index (κ2) is 4.35. The fourth-order valence-corrected chi connectivity index (χ4v) is 2.11. The van der Waals surface area contributed by atoms with Gasteiger partial charge < -0.3 is 4.42 Å². The molecular formula is C15H11ClFNO. The third-order valence-corrected chi connectivity index (χ3v) is 3.46. The van der Waals surface area contributed by atoms with Crippen molar-refractivity contribution in [2.24, 2.45) is 0 Å². The minimum absolute atomic E-state index is 0.0621. The van der Waals surface area contributed by atoms with Gasteiger partial charge in [0.05, 0.1) is 5.02 Å². The molecule has 3 aromatic rings. The van der Waals surface area contributed by atoms with E-state index in [2.05, 4.69) is 4.98 Å². The van der Waals surface area contributed by atoms with E-state index >= 15 is 0 Å². The summed E-state index contributed by atoms with van der Waals surface area (Å²) in [7, 11) is 0. The maximum absolute atomic E-state index is 13.1. The van der Waals surface area contributed by atoms with Crippen LogP contribution in [-0.2, 0) is 0 Å². The van der Waals surface area contributed by atoms with Gasteiger partial charge in [0.1, 0.15) is 11.3 Å². The molecule has 0 unspecified atom stereocenters. The zero-order chi connectivity index (χ0) is 13.6. The van der Waals surface area contributed by atoms with Gasteiger partial charge in [0.15, 0.2) is 5.58 Å². The number of rotatable bonds is 1. The third kappa shape index (κ3) is 2.10. The summed E-state index contributed by atoms with van der Waals surface area (Å²) in [5.41, 5.74) is 4.48. The first-order chi connectivity index (χ1) is 9.04. The Morgan fingerprint density at radius 3 is 2.58 bits per heavy atom. The normalized spacial score (nSPS) is 11.2. The zero-order valence-corrected chi connectivity index (χ0v) is 11.3. The van der Waals surface area contributed by atoms with Crippen molar-refractivity contribution in [3.8, 4) is 11.5 Å². The van der Waals surface area contributed by atoms with E-state index in [4.69, 9.17) is 16.0 Å². The lowest BCUT2D eigenvalue weighted by Gasteiger charge is -1.97. The summed E-state index contributed by atoms with van der Waals surface area (Å²) in [6, 6.07) is 8.35. The molecule has 0 fully saturated rings. The number of aromatic nitrogens is 1. The van der Waals surface area contributed by atoms with Crippen LogP contribution in [0, 0.1) is 19.7 Å². The molecule has 0 aliphatic heterocycles. The SMILES string of the molecule is Cc1cc2nc(-c3ccc(F)c(Cl)c3)oc2cc1C. The summed E-state index contributed by atoms with van der Waals surface area (Å²) >= 11 is 5.77. The van der Waals surface area contributed by atoms with Gasteiger partial charge in [0, 0.05) is 5.56 Å². The van der Waals surface area contributed by atoms with Gasteiger partial charge in [0.25, 0.3) is 0 Å². The second-order valence-corrected chi connectivity index (χ2v) is 4.96. The number of hydrogen-bond donors (Lipinski definition) is 0. The van der Waals surface area contributed by atoms with Crippen LogP contribution in [0.1, 0.15) is 11.1 Å². The zero-order valence-electron chi connectivity index (χ0n) is 10.5. The summed E-state index contributed by atoms with van der Waals surface area (Å²) < 4.78 is 18.8. The van der Waals surface area contributed by atoms with Crippen molar-refractivity contribution in [2.45, 2.75) is 13.8 Å². The minimum Gasteiger partial charge on any atom is -0.436 e. The first-order valence-corrected chi connectivity index (χ1v) is 6.25. The molecule has 0 bridgehead atoms. The molecule has 96 valence electrons. The summed E-state index contributed by atoms with van der Waals surface area (Å²) in [6.07, 6.45) is 0. The Morgan fingerprint density at radius 2 is 1.84 bits per heavy atom. The van der Waals surface area contributed by atoms with E-state index in [0.29, 0.717) is 11.5 Å². The van der Waals surface area contributed by atoms with Crippen LogP contribution in [0.25, 0.3) is 22.6 Å². The summed E-state index contributed by atoms with van der Waals surface area (Å²) in [5, 5.41) is 0.0621. The maximum atomic E-state index is 13.1. The number of halogens is 2. The minimum atomic E-state index is -0.451. The van der Waals surface area contributed by atoms with E-state index in [9.17, 15) is 4.39 Å². The fourth-order valence-electron chi connectivity index (χ4n) is 1.93. The molecule has 0 aliphatic rings. The first-order valence-electron chi connectivity index (χ1n) is 5.88. The van der Waals surface area contributed by atoms with E-state index in [0.717, 1.165) is 22.2 Å². The van der Waals surface area contributed by atoms with Crippen LogP contribution in [0.4, 0.5) is 4.39 Å². The highest BCUT2D eigenvalue weighted by Crippen LogP contribution is 2.28. The molecule has 1 aromatic heterocycles. The van der Waals surface area contributed by atoms with Crippen molar-refractivity contribution in [2.75, 3.05) is 0 Å². The van der Waals surface area contributed by atoms with E-state index in [-0.39, 0.29) is 5.02 Å². The Hall–Kier alpha value is -1.87. The molecule has 0 spiro atoms. The average Bonchev–Trinajstić information content (AvgIpc) is 2.76. The lowest BCUT2D eigenvalue weighted by atomic mass is 10.1. The molecule has 3 rings (SSSR count). The van der Waals surface area contributed by atoms with Crippen molar-refractivity contribution in [3.05, 3.63) is 52.3 Å². The highest BCUT2D eigenvalue weighted by atomic mass is 35.5. The second-order valence-electron chi connectivity index (χ2n) is 4.55. The largest absolute Gasteiger partial charge is 0.436 e. The molecule has 0 aliphatic carbocycles. The molecule has 4 heteroatoms. The summed E-state index contributed by atoms with van der Waals surface area (Å²) in [5.74, 6) is -0.00452. The van der Waals surface area contributed by atoms with E-state index in [1.807, 2.05) is 26.0 Å². The van der Waals surface area contributed by atoms with E-state index in [1.54, 1.807) is 6.07 Å². The van der Waals surface area contributed by atoms with Crippen LogP contribution in [0.15, 0.2) is 34.7 Å². The molecule has 1 heterocycles. The molecule has 0 N–H and O–H groups in total. The van der Waals surface area contributed by atoms with Gasteiger partial charge >= 0.3 is 0 Å². The van der Waals surface area contributed by atoms with Gasteiger partial charge in [-0.15, -0.1) is 0 Å². The quantitative estimate of drug-likeness (QED) is 0.631. The fraction of sp³-hybridized carbons (Fsp3) is 0.133. The molecule has 0 saturated heterocycles. The van der Waals surface area contributed by atoms with Crippen LogP contribution < -0.4 is 0 Å². The number of oxazole rings is 1. The highest BCUT2D eigenvalue weighted by Gasteiger charge is 2.11. The standard InChI is InChI=1S/C15H11ClFNO/c1-8-5-13-14(6-9(8)2)19-15(18-13)10-3-4-12(17)11(16)7-10/h3-7H,1-2H3. The van der Waals surface area contributed by atoms with E-state index in [1.165, 1.54) is 12.1 Å². The predicted octanol–water partition coefficient (Wildman–Crippen LogP) is 4.90. The van der Waals surface area contributed by atoms with Gasteiger partial charge in [-0.25, -0.2) is 9.37 Å². The van der Waals surface area contributed by atoms with Gasteiger partial charge in [-0.3, -0.25) is 0 Å². The van der Waals surface area contributed by atoms with Crippen molar-refractivity contribution in [1.82, 2.24) is 4.98 Å². The Labute approximate surface area is 114 Å². The van der Waals surface area contributed by atoms with Gasteiger partial charge in [-0.1, -0.05) is 11.6 Å².